The number of nitrogens with zero attached hydrogens (tertiary/aromatic N) is 1. The normalized spacial score (nSPS) is 10.3. The molecule has 1 aromatic carbocycles. The first kappa shape index (κ1) is 18.3. The van der Waals surface area contributed by atoms with Gasteiger partial charge < -0.3 is 20.1 Å². The van der Waals surface area contributed by atoms with E-state index in [9.17, 15) is 9.59 Å². The highest BCUT2D eigenvalue weighted by Crippen LogP contribution is 2.29. The van der Waals surface area contributed by atoms with E-state index < -0.39 is 5.91 Å². The Labute approximate surface area is 146 Å². The molecule has 0 fully saturated rings. The second kappa shape index (κ2) is 8.14. The third kappa shape index (κ3) is 4.69. The number of pyridine rings is 1. The summed E-state index contributed by atoms with van der Waals surface area (Å²) in [6, 6.07) is 6.55. The smallest absolute Gasteiger partial charge is 0.257 e. The topological polar surface area (TPSA) is 89.5 Å². The van der Waals surface area contributed by atoms with E-state index in [0.717, 1.165) is 0 Å². The standard InChI is InChI=1S/C18H21N3O4/c1-11(2)20-17(22)12-7-13(10-19-9-12)18(23)21-15-6-5-14(24-3)8-16(15)25-4/h5-11H,1-4H3,(H,20,22)(H,21,23). The second-order valence-electron chi connectivity index (χ2n) is 5.61. The lowest BCUT2D eigenvalue weighted by Crippen LogP contribution is -2.30. The molecule has 0 aliphatic rings. The minimum Gasteiger partial charge on any atom is -0.497 e. The number of benzene rings is 1. The van der Waals surface area contributed by atoms with Gasteiger partial charge in [0.15, 0.2) is 0 Å². The molecule has 7 nitrogen and oxygen atoms in total. The van der Waals surface area contributed by atoms with Gasteiger partial charge in [-0.1, -0.05) is 0 Å². The van der Waals surface area contributed by atoms with Crippen molar-refractivity contribution in [3.05, 3.63) is 47.8 Å². The molecule has 0 saturated carbocycles. The lowest BCUT2D eigenvalue weighted by Gasteiger charge is -2.12. The van der Waals surface area contributed by atoms with Crippen LogP contribution in [0.5, 0.6) is 11.5 Å². The van der Waals surface area contributed by atoms with E-state index in [-0.39, 0.29) is 17.5 Å². The Kier molecular flexibility index (Phi) is 5.94. The number of aromatic nitrogens is 1. The fourth-order valence-electron chi connectivity index (χ4n) is 2.13. The van der Waals surface area contributed by atoms with Crippen LogP contribution in [0.15, 0.2) is 36.7 Å². The summed E-state index contributed by atoms with van der Waals surface area (Å²) in [6.45, 7) is 3.72. The van der Waals surface area contributed by atoms with Crippen molar-refractivity contribution in [2.75, 3.05) is 19.5 Å². The lowest BCUT2D eigenvalue weighted by atomic mass is 10.1. The largest absolute Gasteiger partial charge is 0.497 e. The molecule has 2 aromatic rings. The van der Waals surface area contributed by atoms with Gasteiger partial charge in [-0.05, 0) is 32.0 Å². The van der Waals surface area contributed by atoms with Crippen molar-refractivity contribution < 1.29 is 19.1 Å². The zero-order valence-electron chi connectivity index (χ0n) is 14.6. The monoisotopic (exact) mass is 343 g/mol. The van der Waals surface area contributed by atoms with Crippen LogP contribution in [-0.4, -0.2) is 37.1 Å². The van der Waals surface area contributed by atoms with E-state index in [1.807, 2.05) is 13.8 Å². The predicted molar refractivity (Wildman–Crippen MR) is 94.3 cm³/mol. The summed E-state index contributed by atoms with van der Waals surface area (Å²) in [5.74, 6) is 0.410. The number of carbonyl (C=O) groups excluding carboxylic acids is 2. The van der Waals surface area contributed by atoms with Crippen molar-refractivity contribution in [1.29, 1.82) is 0 Å². The third-order valence-electron chi connectivity index (χ3n) is 3.34. The van der Waals surface area contributed by atoms with Crippen LogP contribution in [0.2, 0.25) is 0 Å². The van der Waals surface area contributed by atoms with Crippen LogP contribution in [-0.2, 0) is 0 Å². The second-order valence-corrected chi connectivity index (χ2v) is 5.61. The molecular formula is C18H21N3O4. The molecular weight excluding hydrogens is 322 g/mol. The maximum atomic E-state index is 12.5. The van der Waals surface area contributed by atoms with Crippen LogP contribution >= 0.6 is 0 Å². The van der Waals surface area contributed by atoms with Crippen LogP contribution in [0.4, 0.5) is 5.69 Å². The van der Waals surface area contributed by atoms with Gasteiger partial charge in [0.2, 0.25) is 0 Å². The molecule has 0 bridgehead atoms. The minimum absolute atomic E-state index is 0.00598. The summed E-state index contributed by atoms with van der Waals surface area (Å²) >= 11 is 0. The first-order valence-corrected chi connectivity index (χ1v) is 7.74. The van der Waals surface area contributed by atoms with E-state index in [4.69, 9.17) is 9.47 Å². The number of hydrogen-bond donors (Lipinski definition) is 2. The number of ether oxygens (including phenoxy) is 2. The number of rotatable bonds is 6. The number of nitrogens with one attached hydrogen (secondary N) is 2. The number of hydrogen-bond acceptors (Lipinski definition) is 5. The fourth-order valence-corrected chi connectivity index (χ4v) is 2.13. The Hall–Kier alpha value is -3.09. The summed E-state index contributed by atoms with van der Waals surface area (Å²) < 4.78 is 10.4. The first-order chi connectivity index (χ1) is 11.9. The van der Waals surface area contributed by atoms with Crippen molar-refractivity contribution >= 4 is 17.5 Å². The molecule has 0 aliphatic carbocycles. The molecule has 25 heavy (non-hydrogen) atoms. The molecule has 0 unspecified atom stereocenters. The van der Waals surface area contributed by atoms with Crippen LogP contribution in [0.1, 0.15) is 34.6 Å². The highest BCUT2D eigenvalue weighted by atomic mass is 16.5. The number of methoxy groups -OCH3 is 2. The van der Waals surface area contributed by atoms with Crippen molar-refractivity contribution in [2.24, 2.45) is 0 Å². The Morgan fingerprint density at radius 2 is 1.68 bits per heavy atom. The SMILES string of the molecule is COc1ccc(NC(=O)c2cncc(C(=O)NC(C)C)c2)c(OC)c1. The van der Waals surface area contributed by atoms with Crippen LogP contribution in [0.3, 0.4) is 0 Å². The predicted octanol–water partition coefficient (Wildman–Crippen LogP) is 2.49. The molecule has 1 heterocycles. The first-order valence-electron chi connectivity index (χ1n) is 7.74. The van der Waals surface area contributed by atoms with Crippen molar-refractivity contribution in [1.82, 2.24) is 10.3 Å². The molecule has 7 heteroatoms. The highest BCUT2D eigenvalue weighted by Gasteiger charge is 2.14. The van der Waals surface area contributed by atoms with Gasteiger partial charge in [0.05, 0.1) is 31.0 Å². The summed E-state index contributed by atoms with van der Waals surface area (Å²) in [5.41, 5.74) is 1.09. The van der Waals surface area contributed by atoms with Crippen molar-refractivity contribution in [3.63, 3.8) is 0 Å². The van der Waals surface area contributed by atoms with Gasteiger partial charge in [-0.25, -0.2) is 0 Å². The molecule has 132 valence electrons. The Morgan fingerprint density at radius 1 is 1.00 bits per heavy atom. The lowest BCUT2D eigenvalue weighted by molar-refractivity contribution is 0.0942. The average molecular weight is 343 g/mol. The summed E-state index contributed by atoms with van der Waals surface area (Å²) in [7, 11) is 3.05. The van der Waals surface area contributed by atoms with E-state index in [1.54, 1.807) is 25.3 Å². The van der Waals surface area contributed by atoms with Gasteiger partial charge in [-0.2, -0.15) is 0 Å². The highest BCUT2D eigenvalue weighted by molar-refractivity contribution is 6.06. The van der Waals surface area contributed by atoms with E-state index >= 15 is 0 Å². The average Bonchev–Trinajstić information content (AvgIpc) is 2.61. The Morgan fingerprint density at radius 3 is 2.28 bits per heavy atom. The van der Waals surface area contributed by atoms with Crippen molar-refractivity contribution in [3.8, 4) is 11.5 Å². The zero-order chi connectivity index (χ0) is 18.4. The van der Waals surface area contributed by atoms with Crippen LogP contribution in [0.25, 0.3) is 0 Å². The van der Waals surface area contributed by atoms with Gasteiger partial charge in [0.1, 0.15) is 11.5 Å². The number of carbonyl (C=O) groups is 2. The fraction of sp³-hybridized carbons (Fsp3) is 0.278. The van der Waals surface area contributed by atoms with Gasteiger partial charge in [-0.3, -0.25) is 14.6 Å². The molecule has 2 amide bonds. The quantitative estimate of drug-likeness (QED) is 0.841. The van der Waals surface area contributed by atoms with Gasteiger partial charge in [0.25, 0.3) is 11.8 Å². The molecule has 0 saturated heterocycles. The Bertz CT molecular complexity index is 775. The van der Waals surface area contributed by atoms with E-state index in [1.165, 1.54) is 25.6 Å². The van der Waals surface area contributed by atoms with Crippen LogP contribution < -0.4 is 20.1 Å². The number of anilines is 1. The molecule has 0 aliphatic heterocycles. The molecule has 2 rings (SSSR count). The van der Waals surface area contributed by atoms with Crippen molar-refractivity contribution in [2.45, 2.75) is 19.9 Å². The summed E-state index contributed by atoms with van der Waals surface area (Å²) in [4.78, 5) is 28.5. The Balaban J connectivity index is 2.20. The molecule has 0 radical (unpaired) electrons. The van der Waals surface area contributed by atoms with E-state index in [0.29, 0.717) is 22.7 Å². The molecule has 0 spiro atoms. The molecule has 0 atom stereocenters. The summed E-state index contributed by atoms with van der Waals surface area (Å²) in [5, 5.41) is 5.51. The minimum atomic E-state index is -0.393. The van der Waals surface area contributed by atoms with Crippen LogP contribution in [0, 0.1) is 0 Å². The maximum Gasteiger partial charge on any atom is 0.257 e. The summed E-state index contributed by atoms with van der Waals surface area (Å²) in [6.07, 6.45) is 2.82. The molecule has 1 aromatic heterocycles. The van der Waals surface area contributed by atoms with Gasteiger partial charge in [-0.15, -0.1) is 0 Å². The third-order valence-corrected chi connectivity index (χ3v) is 3.34. The number of amides is 2. The van der Waals surface area contributed by atoms with Gasteiger partial charge in [0, 0.05) is 24.5 Å². The van der Waals surface area contributed by atoms with E-state index in [2.05, 4.69) is 15.6 Å². The maximum absolute atomic E-state index is 12.5. The molecule has 2 N–H and O–H groups in total. The van der Waals surface area contributed by atoms with Gasteiger partial charge >= 0.3 is 0 Å². The zero-order valence-corrected chi connectivity index (χ0v) is 14.6.